The molecule has 2 aliphatic rings. The summed E-state index contributed by atoms with van der Waals surface area (Å²) < 4.78 is 3.96. The van der Waals surface area contributed by atoms with E-state index in [4.69, 9.17) is 5.10 Å². The summed E-state index contributed by atoms with van der Waals surface area (Å²) in [6.07, 6.45) is 6.52. The van der Waals surface area contributed by atoms with Crippen LogP contribution < -0.4 is 0 Å². The quantitative estimate of drug-likeness (QED) is 0.737. The molecule has 0 radical (unpaired) electrons. The maximum Gasteiger partial charge on any atom is 0.223 e. The van der Waals surface area contributed by atoms with Crippen LogP contribution in [-0.2, 0) is 31.9 Å². The fourth-order valence-electron chi connectivity index (χ4n) is 4.35. The fraction of sp³-hybridized carbons (Fsp3) is 0.684. The molecule has 1 amide bonds. The molecule has 7 nitrogen and oxygen atoms in total. The Morgan fingerprint density at radius 3 is 2.74 bits per heavy atom. The number of nitrogens with zero attached hydrogens (tertiary/aromatic N) is 6. The van der Waals surface area contributed by atoms with Crippen LogP contribution in [0.15, 0.2) is 5.16 Å². The van der Waals surface area contributed by atoms with Gasteiger partial charge in [0.15, 0.2) is 11.0 Å². The number of aryl methyl sites for hydroxylation is 1. The van der Waals surface area contributed by atoms with Gasteiger partial charge in [-0.1, -0.05) is 31.5 Å². The first-order valence-corrected chi connectivity index (χ1v) is 10.9. The number of amides is 1. The molecule has 0 saturated heterocycles. The molecule has 146 valence electrons. The van der Waals surface area contributed by atoms with Gasteiger partial charge in [0, 0.05) is 51.3 Å². The molecule has 1 fully saturated rings. The van der Waals surface area contributed by atoms with E-state index in [2.05, 4.69) is 17.1 Å². The van der Waals surface area contributed by atoms with Crippen molar-refractivity contribution in [2.75, 3.05) is 12.3 Å². The van der Waals surface area contributed by atoms with Crippen molar-refractivity contribution in [3.05, 3.63) is 11.3 Å². The average Bonchev–Trinajstić information content (AvgIpc) is 3.37. The summed E-state index contributed by atoms with van der Waals surface area (Å²) in [5, 5.41) is 14.3. The normalized spacial score (nSPS) is 17.5. The number of carbonyl (C=O) groups is 1. The lowest BCUT2D eigenvalue weighted by molar-refractivity contribution is -0.133. The van der Waals surface area contributed by atoms with Crippen LogP contribution in [0.25, 0.3) is 11.5 Å². The minimum atomic E-state index is 0.294. The van der Waals surface area contributed by atoms with Crippen LogP contribution in [0.2, 0.25) is 0 Å². The standard InChI is InChI=1S/C19H28N6OS/c1-4-27-19-21-20-18(23(19)2)17-14-12-25(10-9-15(14)24(3)22-17)16(26)11-13-7-5-6-8-13/h13H,4-12H2,1-3H3. The van der Waals surface area contributed by atoms with Gasteiger partial charge < -0.3 is 9.47 Å². The molecule has 0 N–H and O–H groups in total. The molecule has 1 aliphatic carbocycles. The van der Waals surface area contributed by atoms with E-state index in [1.807, 2.05) is 28.2 Å². The zero-order valence-electron chi connectivity index (χ0n) is 16.4. The molecule has 1 saturated carbocycles. The van der Waals surface area contributed by atoms with Gasteiger partial charge in [0.2, 0.25) is 5.91 Å². The van der Waals surface area contributed by atoms with E-state index < -0.39 is 0 Å². The minimum absolute atomic E-state index is 0.294. The Bertz CT molecular complexity index is 836. The van der Waals surface area contributed by atoms with Crippen molar-refractivity contribution in [1.29, 1.82) is 0 Å². The largest absolute Gasteiger partial charge is 0.338 e. The number of rotatable bonds is 5. The number of fused-ring (bicyclic) bond motifs is 1. The lowest BCUT2D eigenvalue weighted by atomic mass is 10.0. The lowest BCUT2D eigenvalue weighted by Gasteiger charge is -2.28. The smallest absolute Gasteiger partial charge is 0.223 e. The highest BCUT2D eigenvalue weighted by Crippen LogP contribution is 2.32. The minimum Gasteiger partial charge on any atom is -0.338 e. The van der Waals surface area contributed by atoms with Gasteiger partial charge in [0.1, 0.15) is 5.69 Å². The van der Waals surface area contributed by atoms with Crippen LogP contribution in [0.5, 0.6) is 0 Å². The molecule has 8 heteroatoms. The monoisotopic (exact) mass is 388 g/mol. The van der Waals surface area contributed by atoms with E-state index in [1.54, 1.807) is 11.8 Å². The third-order valence-corrected chi connectivity index (χ3v) is 6.76. The van der Waals surface area contributed by atoms with E-state index in [9.17, 15) is 4.79 Å². The van der Waals surface area contributed by atoms with Crippen LogP contribution in [0, 0.1) is 5.92 Å². The zero-order chi connectivity index (χ0) is 19.0. The first-order chi connectivity index (χ1) is 13.1. The molecule has 1 aliphatic heterocycles. The number of aromatic nitrogens is 5. The number of hydrogen-bond donors (Lipinski definition) is 0. The fourth-order valence-corrected chi connectivity index (χ4v) is 4.99. The highest BCUT2D eigenvalue weighted by Gasteiger charge is 2.30. The maximum absolute atomic E-state index is 12.8. The van der Waals surface area contributed by atoms with Crippen LogP contribution in [0.3, 0.4) is 0 Å². The molecule has 2 aromatic rings. The van der Waals surface area contributed by atoms with Crippen molar-refractivity contribution in [3.63, 3.8) is 0 Å². The van der Waals surface area contributed by atoms with Crippen LogP contribution >= 0.6 is 11.8 Å². The molecular formula is C19H28N6OS. The number of hydrogen-bond acceptors (Lipinski definition) is 5. The van der Waals surface area contributed by atoms with Crippen LogP contribution in [-0.4, -0.2) is 47.6 Å². The van der Waals surface area contributed by atoms with Crippen molar-refractivity contribution in [3.8, 4) is 11.5 Å². The Balaban J connectivity index is 1.58. The van der Waals surface area contributed by atoms with E-state index >= 15 is 0 Å². The molecule has 2 aromatic heterocycles. The molecule has 27 heavy (non-hydrogen) atoms. The molecule has 0 aromatic carbocycles. The van der Waals surface area contributed by atoms with E-state index in [1.165, 1.54) is 31.4 Å². The van der Waals surface area contributed by atoms with Gasteiger partial charge in [-0.3, -0.25) is 9.48 Å². The third kappa shape index (κ3) is 3.51. The summed E-state index contributed by atoms with van der Waals surface area (Å²) in [4.78, 5) is 14.9. The lowest BCUT2D eigenvalue weighted by Crippen LogP contribution is -2.37. The number of thioether (sulfide) groups is 1. The predicted molar refractivity (Wildman–Crippen MR) is 105 cm³/mol. The first-order valence-electron chi connectivity index (χ1n) is 9.93. The molecule has 0 unspecified atom stereocenters. The first kappa shape index (κ1) is 18.5. The van der Waals surface area contributed by atoms with Crippen molar-refractivity contribution in [2.45, 2.75) is 57.1 Å². The Kier molecular flexibility index (Phi) is 5.25. The van der Waals surface area contributed by atoms with Gasteiger partial charge >= 0.3 is 0 Å². The van der Waals surface area contributed by atoms with Crippen molar-refractivity contribution in [2.24, 2.45) is 20.0 Å². The SMILES string of the molecule is CCSc1nnc(-c2nn(C)c3c2CN(C(=O)CC2CCCC2)CC3)n1C. The molecule has 0 spiro atoms. The highest BCUT2D eigenvalue weighted by molar-refractivity contribution is 7.99. The van der Waals surface area contributed by atoms with Gasteiger partial charge in [0.25, 0.3) is 0 Å². The summed E-state index contributed by atoms with van der Waals surface area (Å²) in [7, 11) is 3.97. The van der Waals surface area contributed by atoms with Crippen LogP contribution in [0.1, 0.15) is 50.3 Å². The average molecular weight is 389 g/mol. The summed E-state index contributed by atoms with van der Waals surface area (Å²) in [6, 6.07) is 0. The van der Waals surface area contributed by atoms with Crippen molar-refractivity contribution >= 4 is 17.7 Å². The second-order valence-corrected chi connectivity index (χ2v) is 8.85. The topological polar surface area (TPSA) is 68.8 Å². The highest BCUT2D eigenvalue weighted by atomic mass is 32.2. The molecule has 3 heterocycles. The zero-order valence-corrected chi connectivity index (χ0v) is 17.3. The van der Waals surface area contributed by atoms with Crippen molar-refractivity contribution in [1.82, 2.24) is 29.4 Å². The van der Waals surface area contributed by atoms with Gasteiger partial charge in [0.05, 0.1) is 0 Å². The van der Waals surface area contributed by atoms with Crippen LogP contribution in [0.4, 0.5) is 0 Å². The van der Waals surface area contributed by atoms with E-state index in [-0.39, 0.29) is 0 Å². The molecule has 0 atom stereocenters. The summed E-state index contributed by atoms with van der Waals surface area (Å²) in [6.45, 7) is 3.52. The van der Waals surface area contributed by atoms with E-state index in [0.717, 1.165) is 41.0 Å². The summed E-state index contributed by atoms with van der Waals surface area (Å²) in [5.74, 6) is 2.62. The van der Waals surface area contributed by atoms with Gasteiger partial charge in [-0.25, -0.2) is 0 Å². The summed E-state index contributed by atoms with van der Waals surface area (Å²) >= 11 is 1.67. The van der Waals surface area contributed by atoms with Gasteiger partial charge in [-0.2, -0.15) is 5.10 Å². The second kappa shape index (κ2) is 7.66. The predicted octanol–water partition coefficient (Wildman–Crippen LogP) is 2.79. The second-order valence-electron chi connectivity index (χ2n) is 7.62. The number of carbonyl (C=O) groups excluding carboxylic acids is 1. The summed E-state index contributed by atoms with van der Waals surface area (Å²) in [5.41, 5.74) is 3.21. The Labute approximate surface area is 164 Å². The Hall–Kier alpha value is -1.83. The van der Waals surface area contributed by atoms with Crippen molar-refractivity contribution < 1.29 is 4.79 Å². The molecule has 0 bridgehead atoms. The molecule has 4 rings (SSSR count). The Morgan fingerprint density at radius 1 is 1.22 bits per heavy atom. The Morgan fingerprint density at radius 2 is 2.00 bits per heavy atom. The molecular weight excluding hydrogens is 360 g/mol. The maximum atomic E-state index is 12.8. The van der Waals surface area contributed by atoms with Gasteiger partial charge in [-0.15, -0.1) is 10.2 Å². The third-order valence-electron chi connectivity index (χ3n) is 5.85. The van der Waals surface area contributed by atoms with E-state index in [0.29, 0.717) is 24.8 Å². The van der Waals surface area contributed by atoms with Gasteiger partial charge in [-0.05, 0) is 24.5 Å².